The number of thiophene rings is 1. The molecule has 0 amide bonds. The smallest absolute Gasteiger partial charge is 0.160 e. The van der Waals surface area contributed by atoms with Gasteiger partial charge in [-0.2, -0.15) is 0 Å². The fourth-order valence-corrected chi connectivity index (χ4v) is 7.83. The van der Waals surface area contributed by atoms with Crippen molar-refractivity contribution in [1.29, 1.82) is 0 Å². The molecular weight excluding hydrogens is 591 g/mol. The second-order valence-corrected chi connectivity index (χ2v) is 12.6. The van der Waals surface area contributed by atoms with Crippen LogP contribution in [-0.4, -0.2) is 15.0 Å². The van der Waals surface area contributed by atoms with Gasteiger partial charge >= 0.3 is 0 Å². The van der Waals surface area contributed by atoms with Gasteiger partial charge in [0.05, 0.1) is 27.1 Å². The number of nitrogens with zero attached hydrogens (tertiary/aromatic N) is 3. The summed E-state index contributed by atoms with van der Waals surface area (Å²) < 4.78 is 1.20. The Morgan fingerprint density at radius 2 is 0.872 bits per heavy atom. The maximum Gasteiger partial charge on any atom is 0.160 e. The van der Waals surface area contributed by atoms with Gasteiger partial charge in [-0.05, 0) is 23.3 Å². The SMILES string of the molecule is c1ccc(-c2nc(-c3ccc(-c4c(-c5ccccc5)sc5c(-c6ccccc6)nc6ccccc6c45)cc3)c3ccccc3n2)cc1. The van der Waals surface area contributed by atoms with Crippen LogP contribution in [-0.2, 0) is 0 Å². The summed E-state index contributed by atoms with van der Waals surface area (Å²) in [6.45, 7) is 0. The summed E-state index contributed by atoms with van der Waals surface area (Å²) in [6.07, 6.45) is 0. The van der Waals surface area contributed by atoms with E-state index in [1.165, 1.54) is 26.1 Å². The molecule has 9 rings (SSSR count). The molecule has 0 aliphatic rings. The average molecular weight is 618 g/mol. The van der Waals surface area contributed by atoms with E-state index < -0.39 is 0 Å². The number of benzene rings is 6. The van der Waals surface area contributed by atoms with Gasteiger partial charge in [-0.1, -0.05) is 152 Å². The first-order chi connectivity index (χ1) is 23.3. The lowest BCUT2D eigenvalue weighted by atomic mass is 9.94. The van der Waals surface area contributed by atoms with Gasteiger partial charge in [-0.15, -0.1) is 11.3 Å². The van der Waals surface area contributed by atoms with Crippen LogP contribution < -0.4 is 0 Å². The van der Waals surface area contributed by atoms with Crippen molar-refractivity contribution in [2.45, 2.75) is 0 Å². The lowest BCUT2D eigenvalue weighted by molar-refractivity contribution is 1.23. The quantitative estimate of drug-likeness (QED) is 0.193. The van der Waals surface area contributed by atoms with Crippen molar-refractivity contribution in [3.05, 3.63) is 164 Å². The maximum atomic E-state index is 5.23. The van der Waals surface area contributed by atoms with E-state index >= 15 is 0 Å². The summed E-state index contributed by atoms with van der Waals surface area (Å²) in [7, 11) is 0. The zero-order valence-corrected chi connectivity index (χ0v) is 26.2. The van der Waals surface area contributed by atoms with Crippen LogP contribution in [0.25, 0.3) is 87.4 Å². The second kappa shape index (κ2) is 11.4. The van der Waals surface area contributed by atoms with E-state index in [0.717, 1.165) is 61.3 Å². The van der Waals surface area contributed by atoms with E-state index in [1.54, 1.807) is 0 Å². The zero-order chi connectivity index (χ0) is 31.2. The molecular formula is C43H27N3S. The molecule has 0 atom stereocenters. The van der Waals surface area contributed by atoms with Crippen molar-refractivity contribution in [1.82, 2.24) is 15.0 Å². The number of hydrogen-bond acceptors (Lipinski definition) is 4. The molecule has 0 saturated carbocycles. The summed E-state index contributed by atoms with van der Waals surface area (Å²) in [5, 5.41) is 3.44. The van der Waals surface area contributed by atoms with Crippen molar-refractivity contribution >= 4 is 43.2 Å². The van der Waals surface area contributed by atoms with Crippen molar-refractivity contribution in [2.75, 3.05) is 0 Å². The molecule has 0 radical (unpaired) electrons. The zero-order valence-electron chi connectivity index (χ0n) is 25.3. The minimum absolute atomic E-state index is 0.728. The average Bonchev–Trinajstić information content (AvgIpc) is 3.56. The van der Waals surface area contributed by atoms with Crippen LogP contribution >= 0.6 is 11.3 Å². The van der Waals surface area contributed by atoms with Gasteiger partial charge in [-0.3, -0.25) is 0 Å². The molecule has 0 spiro atoms. The molecule has 0 aliphatic carbocycles. The normalized spacial score (nSPS) is 11.4. The predicted molar refractivity (Wildman–Crippen MR) is 197 cm³/mol. The van der Waals surface area contributed by atoms with Gasteiger partial charge in [0.1, 0.15) is 0 Å². The van der Waals surface area contributed by atoms with E-state index in [-0.39, 0.29) is 0 Å². The first-order valence-electron chi connectivity index (χ1n) is 15.7. The van der Waals surface area contributed by atoms with Crippen LogP contribution in [0.2, 0.25) is 0 Å². The Morgan fingerprint density at radius 3 is 1.55 bits per heavy atom. The topological polar surface area (TPSA) is 38.7 Å². The number of aromatic nitrogens is 3. The Morgan fingerprint density at radius 1 is 0.362 bits per heavy atom. The molecule has 3 nitrogen and oxygen atoms in total. The van der Waals surface area contributed by atoms with E-state index in [4.69, 9.17) is 15.0 Å². The molecule has 0 N–H and O–H groups in total. The highest BCUT2D eigenvalue weighted by Gasteiger charge is 2.22. The van der Waals surface area contributed by atoms with Crippen molar-refractivity contribution < 1.29 is 0 Å². The Kier molecular flexibility index (Phi) is 6.65. The number of pyridine rings is 1. The predicted octanol–water partition coefficient (Wildman–Crippen LogP) is 11.7. The van der Waals surface area contributed by atoms with E-state index in [9.17, 15) is 0 Å². The molecule has 0 aliphatic heterocycles. The summed E-state index contributed by atoms with van der Waals surface area (Å²) in [5.41, 5.74) is 10.7. The van der Waals surface area contributed by atoms with Crippen molar-refractivity contribution in [3.8, 4) is 55.5 Å². The first-order valence-corrected chi connectivity index (χ1v) is 16.5. The minimum Gasteiger partial charge on any atom is -0.246 e. The fourth-order valence-electron chi connectivity index (χ4n) is 6.48. The minimum atomic E-state index is 0.728. The molecule has 220 valence electrons. The molecule has 6 aromatic carbocycles. The number of rotatable bonds is 5. The molecule has 4 heteroatoms. The summed E-state index contributed by atoms with van der Waals surface area (Å²) in [5.74, 6) is 0.728. The summed E-state index contributed by atoms with van der Waals surface area (Å²) in [6, 6.07) is 57.2. The highest BCUT2D eigenvalue weighted by atomic mass is 32.1. The Labute approximate surface area is 276 Å². The molecule has 9 aromatic rings. The van der Waals surface area contributed by atoms with Crippen LogP contribution in [0.4, 0.5) is 0 Å². The number of para-hydroxylation sites is 2. The third-order valence-corrected chi connectivity index (χ3v) is 9.94. The van der Waals surface area contributed by atoms with E-state index in [1.807, 2.05) is 35.6 Å². The van der Waals surface area contributed by atoms with Gasteiger partial charge in [-0.25, -0.2) is 15.0 Å². The Hall–Kier alpha value is -5.97. The van der Waals surface area contributed by atoms with Crippen molar-refractivity contribution in [2.24, 2.45) is 0 Å². The number of hydrogen-bond donors (Lipinski definition) is 0. The molecule has 3 heterocycles. The van der Waals surface area contributed by atoms with Crippen LogP contribution in [0.5, 0.6) is 0 Å². The van der Waals surface area contributed by atoms with Gasteiger partial charge in [0.15, 0.2) is 5.82 Å². The first kappa shape index (κ1) is 27.3. The third-order valence-electron chi connectivity index (χ3n) is 8.69. The van der Waals surface area contributed by atoms with Gasteiger partial charge in [0.25, 0.3) is 0 Å². The highest BCUT2D eigenvalue weighted by Crippen LogP contribution is 2.50. The summed E-state index contributed by atoms with van der Waals surface area (Å²) >= 11 is 1.83. The number of fused-ring (bicyclic) bond motifs is 4. The van der Waals surface area contributed by atoms with Gasteiger partial charge < -0.3 is 0 Å². The Balaban J connectivity index is 1.29. The monoisotopic (exact) mass is 617 g/mol. The largest absolute Gasteiger partial charge is 0.246 e. The van der Waals surface area contributed by atoms with Crippen LogP contribution in [0.1, 0.15) is 0 Å². The van der Waals surface area contributed by atoms with E-state index in [2.05, 4.69) is 140 Å². The van der Waals surface area contributed by atoms with Gasteiger partial charge in [0.2, 0.25) is 0 Å². The van der Waals surface area contributed by atoms with Crippen LogP contribution in [0.15, 0.2) is 164 Å². The fraction of sp³-hybridized carbons (Fsp3) is 0. The van der Waals surface area contributed by atoms with Crippen LogP contribution in [0.3, 0.4) is 0 Å². The molecule has 0 bridgehead atoms. The molecule has 0 fully saturated rings. The Bertz CT molecular complexity index is 2540. The third kappa shape index (κ3) is 4.78. The summed E-state index contributed by atoms with van der Waals surface area (Å²) in [4.78, 5) is 16.5. The van der Waals surface area contributed by atoms with Crippen molar-refractivity contribution in [3.63, 3.8) is 0 Å². The highest BCUT2D eigenvalue weighted by molar-refractivity contribution is 7.23. The standard InChI is InChI=1S/C43H27N3S/c1-4-14-29(15-5-1)40-42-38(33-20-10-12-22-35(33)44-40)37(41(47-42)31-16-6-2-7-17-31)28-24-26-30(27-25-28)39-34-21-11-13-23-36(34)45-43(46-39)32-18-8-3-9-19-32/h1-27H. The molecule has 47 heavy (non-hydrogen) atoms. The molecule has 0 saturated heterocycles. The second-order valence-electron chi connectivity index (χ2n) is 11.6. The lowest BCUT2D eigenvalue weighted by Crippen LogP contribution is -1.95. The lowest BCUT2D eigenvalue weighted by Gasteiger charge is -2.12. The molecule has 3 aromatic heterocycles. The molecule has 0 unspecified atom stereocenters. The van der Waals surface area contributed by atoms with Gasteiger partial charge in [0, 0.05) is 43.3 Å². The van der Waals surface area contributed by atoms with E-state index in [0.29, 0.717) is 0 Å². The van der Waals surface area contributed by atoms with Crippen LogP contribution in [0, 0.1) is 0 Å². The maximum absolute atomic E-state index is 5.23.